The Balaban J connectivity index is 1.77. The first-order chi connectivity index (χ1) is 13.0. The van der Waals surface area contributed by atoms with E-state index in [1.807, 2.05) is 13.8 Å². The lowest BCUT2D eigenvalue weighted by atomic mass is 9.46. The maximum Gasteiger partial charge on any atom is 0.168 e. The summed E-state index contributed by atoms with van der Waals surface area (Å²) >= 11 is 0. The van der Waals surface area contributed by atoms with Crippen LogP contribution in [0.25, 0.3) is 0 Å². The molecule has 3 fully saturated rings. The van der Waals surface area contributed by atoms with Crippen LogP contribution in [-0.2, 0) is 18.9 Å². The summed E-state index contributed by atoms with van der Waals surface area (Å²) in [5.74, 6) is -0.212. The first kappa shape index (κ1) is 22.5. The fraction of sp³-hybridized carbons (Fsp3) is 1.00. The maximum absolute atomic E-state index is 10.9. The third-order valence-corrected chi connectivity index (χ3v) is 8.11. The van der Waals surface area contributed by atoms with Crippen LogP contribution in [0.15, 0.2) is 0 Å². The summed E-state index contributed by atoms with van der Waals surface area (Å²) in [5, 5.41) is 10.9. The van der Waals surface area contributed by atoms with Crippen molar-refractivity contribution in [3.63, 3.8) is 0 Å². The Labute approximate surface area is 171 Å². The minimum atomic E-state index is -0.437. The van der Waals surface area contributed by atoms with Gasteiger partial charge in [0.15, 0.2) is 12.1 Å². The van der Waals surface area contributed by atoms with Gasteiger partial charge >= 0.3 is 0 Å². The van der Waals surface area contributed by atoms with Gasteiger partial charge in [-0.1, -0.05) is 34.6 Å². The molecule has 1 N–H and O–H groups in total. The van der Waals surface area contributed by atoms with E-state index in [-0.39, 0.29) is 40.7 Å². The molecule has 0 aromatic carbocycles. The molecule has 4 atom stereocenters. The molecular formula is C23H42O5. The fourth-order valence-electron chi connectivity index (χ4n) is 5.93. The van der Waals surface area contributed by atoms with E-state index in [9.17, 15) is 5.11 Å². The van der Waals surface area contributed by atoms with Crippen molar-refractivity contribution >= 4 is 0 Å². The van der Waals surface area contributed by atoms with Crippen LogP contribution in [0.3, 0.4) is 0 Å². The molecule has 2 spiro atoms. The Morgan fingerprint density at radius 2 is 1.61 bits per heavy atom. The second-order valence-electron chi connectivity index (χ2n) is 10.8. The Hall–Kier alpha value is -0.200. The number of rotatable bonds is 4. The quantitative estimate of drug-likeness (QED) is 0.706. The highest BCUT2D eigenvalue weighted by atomic mass is 16.7. The van der Waals surface area contributed by atoms with E-state index >= 15 is 0 Å². The summed E-state index contributed by atoms with van der Waals surface area (Å²) in [5.41, 5.74) is 0.0289. The molecule has 2 saturated carbocycles. The van der Waals surface area contributed by atoms with E-state index < -0.39 is 5.79 Å². The maximum atomic E-state index is 10.9. The standard InChI is InChI=1S/C23H42O5/c1-8-25-17(3)28-19-13-18(24)16(2)22(21(19,6)7)9-11-23(12-10-22)26-14-20(4,5)15-27-23/h16-19,24H,8-15H2,1-7H3/t16-,17?,18-,19-/m0/s1. The molecule has 1 heterocycles. The molecule has 1 aliphatic heterocycles. The predicted molar refractivity (Wildman–Crippen MR) is 109 cm³/mol. The number of aliphatic hydroxyl groups is 1. The normalized spacial score (nSPS) is 40.5. The molecular weight excluding hydrogens is 356 g/mol. The summed E-state index contributed by atoms with van der Waals surface area (Å²) in [6, 6.07) is 0. The summed E-state index contributed by atoms with van der Waals surface area (Å²) in [4.78, 5) is 0. The topological polar surface area (TPSA) is 57.2 Å². The average Bonchev–Trinajstić information content (AvgIpc) is 2.63. The van der Waals surface area contributed by atoms with Gasteiger partial charge < -0.3 is 24.1 Å². The van der Waals surface area contributed by atoms with Gasteiger partial charge in [-0.3, -0.25) is 0 Å². The highest BCUT2D eigenvalue weighted by Crippen LogP contribution is 2.63. The van der Waals surface area contributed by atoms with Gasteiger partial charge in [0, 0.05) is 31.3 Å². The highest BCUT2D eigenvalue weighted by Gasteiger charge is 2.61. The zero-order chi connectivity index (χ0) is 20.8. The molecule has 5 heteroatoms. The van der Waals surface area contributed by atoms with Crippen molar-refractivity contribution in [3.8, 4) is 0 Å². The van der Waals surface area contributed by atoms with Crippen molar-refractivity contribution < 1.29 is 24.1 Å². The molecule has 3 rings (SSSR count). The van der Waals surface area contributed by atoms with Gasteiger partial charge in [0.25, 0.3) is 0 Å². The molecule has 164 valence electrons. The van der Waals surface area contributed by atoms with Crippen LogP contribution >= 0.6 is 0 Å². The first-order valence-corrected chi connectivity index (χ1v) is 11.2. The zero-order valence-electron chi connectivity index (χ0n) is 19.0. The Bertz CT molecular complexity index is 523. The smallest absolute Gasteiger partial charge is 0.168 e. The van der Waals surface area contributed by atoms with Crippen LogP contribution in [0.5, 0.6) is 0 Å². The Morgan fingerprint density at radius 3 is 2.14 bits per heavy atom. The van der Waals surface area contributed by atoms with Crippen LogP contribution in [0, 0.1) is 22.2 Å². The number of aliphatic hydroxyl groups excluding tert-OH is 1. The van der Waals surface area contributed by atoms with Gasteiger partial charge in [0.1, 0.15) is 0 Å². The number of ether oxygens (including phenoxy) is 4. The first-order valence-electron chi connectivity index (χ1n) is 11.2. The van der Waals surface area contributed by atoms with Crippen LogP contribution in [0.4, 0.5) is 0 Å². The summed E-state index contributed by atoms with van der Waals surface area (Å²) in [7, 11) is 0. The van der Waals surface area contributed by atoms with Crippen molar-refractivity contribution in [3.05, 3.63) is 0 Å². The van der Waals surface area contributed by atoms with E-state index in [2.05, 4.69) is 34.6 Å². The molecule has 28 heavy (non-hydrogen) atoms. The molecule has 0 aromatic rings. The molecule has 0 amide bonds. The zero-order valence-corrected chi connectivity index (χ0v) is 19.0. The van der Waals surface area contributed by atoms with Gasteiger partial charge in [-0.2, -0.15) is 0 Å². The average molecular weight is 399 g/mol. The van der Waals surface area contributed by atoms with Crippen molar-refractivity contribution in [2.75, 3.05) is 19.8 Å². The van der Waals surface area contributed by atoms with Crippen LogP contribution in [-0.4, -0.2) is 49.2 Å². The van der Waals surface area contributed by atoms with E-state index in [1.54, 1.807) is 0 Å². The molecule has 3 aliphatic rings. The van der Waals surface area contributed by atoms with E-state index in [0.717, 1.165) is 38.9 Å². The van der Waals surface area contributed by atoms with Crippen LogP contribution in [0.2, 0.25) is 0 Å². The second kappa shape index (κ2) is 7.81. The second-order valence-corrected chi connectivity index (χ2v) is 10.8. The third-order valence-electron chi connectivity index (χ3n) is 8.11. The Kier molecular flexibility index (Phi) is 6.27. The van der Waals surface area contributed by atoms with Crippen molar-refractivity contribution in [2.45, 2.75) is 105 Å². The summed E-state index contributed by atoms with van der Waals surface area (Å²) in [6.07, 6.45) is 3.78. The van der Waals surface area contributed by atoms with Crippen molar-refractivity contribution in [1.29, 1.82) is 0 Å². The summed E-state index contributed by atoms with van der Waals surface area (Å²) in [6.45, 7) is 17.3. The Morgan fingerprint density at radius 1 is 1.04 bits per heavy atom. The minimum absolute atomic E-state index is 0.00615. The van der Waals surface area contributed by atoms with Gasteiger partial charge in [0.2, 0.25) is 0 Å². The van der Waals surface area contributed by atoms with E-state index in [0.29, 0.717) is 13.0 Å². The minimum Gasteiger partial charge on any atom is -0.393 e. The third kappa shape index (κ3) is 3.90. The van der Waals surface area contributed by atoms with Gasteiger partial charge in [0.05, 0.1) is 25.4 Å². The molecule has 0 radical (unpaired) electrons. The fourth-order valence-corrected chi connectivity index (χ4v) is 5.93. The largest absolute Gasteiger partial charge is 0.393 e. The van der Waals surface area contributed by atoms with E-state index in [1.165, 1.54) is 0 Å². The van der Waals surface area contributed by atoms with Crippen LogP contribution in [0.1, 0.15) is 80.6 Å². The molecule has 1 unspecified atom stereocenters. The lowest BCUT2D eigenvalue weighted by Crippen LogP contribution is -2.62. The molecule has 0 bridgehead atoms. The van der Waals surface area contributed by atoms with Gasteiger partial charge in [-0.25, -0.2) is 0 Å². The van der Waals surface area contributed by atoms with E-state index in [4.69, 9.17) is 18.9 Å². The SMILES string of the molecule is CCOC(C)O[C@H]1C[C@H](O)[C@H](C)C2(CCC3(CC2)OCC(C)(C)CO3)C1(C)C. The van der Waals surface area contributed by atoms with Crippen molar-refractivity contribution in [1.82, 2.24) is 0 Å². The number of hydrogen-bond acceptors (Lipinski definition) is 5. The molecule has 1 saturated heterocycles. The van der Waals surface area contributed by atoms with Crippen molar-refractivity contribution in [2.24, 2.45) is 22.2 Å². The monoisotopic (exact) mass is 398 g/mol. The molecule has 5 nitrogen and oxygen atoms in total. The highest BCUT2D eigenvalue weighted by molar-refractivity contribution is 5.09. The molecule has 0 aromatic heterocycles. The van der Waals surface area contributed by atoms with Crippen LogP contribution < -0.4 is 0 Å². The van der Waals surface area contributed by atoms with Gasteiger partial charge in [-0.05, 0) is 43.4 Å². The summed E-state index contributed by atoms with van der Waals surface area (Å²) < 4.78 is 24.5. The van der Waals surface area contributed by atoms with Gasteiger partial charge in [-0.15, -0.1) is 0 Å². The predicted octanol–water partition coefficient (Wildman–Crippen LogP) is 4.51. The lowest BCUT2D eigenvalue weighted by molar-refractivity contribution is -0.331. The molecule has 2 aliphatic carbocycles. The lowest BCUT2D eigenvalue weighted by Gasteiger charge is -2.63. The number of hydrogen-bond donors (Lipinski definition) is 1.